The molecule has 0 radical (unpaired) electrons. The second-order valence-electron chi connectivity index (χ2n) is 6.64. The Morgan fingerprint density at radius 1 is 1.23 bits per heavy atom. The summed E-state index contributed by atoms with van der Waals surface area (Å²) < 4.78 is 18.5. The van der Waals surface area contributed by atoms with Crippen molar-refractivity contribution in [3.05, 3.63) is 65.8 Å². The molecule has 3 aromatic rings. The lowest BCUT2D eigenvalue weighted by atomic mass is 9.94. The molecule has 1 N–H and O–H groups in total. The number of nitrogens with one attached hydrogen (secondary N) is 1. The van der Waals surface area contributed by atoms with Crippen LogP contribution in [0.3, 0.4) is 0 Å². The molecule has 0 bridgehead atoms. The highest BCUT2D eigenvalue weighted by Crippen LogP contribution is 2.28. The number of halogens is 1. The third-order valence-electron chi connectivity index (χ3n) is 4.88. The molecule has 0 saturated carbocycles. The van der Waals surface area contributed by atoms with Gasteiger partial charge in [0, 0.05) is 25.1 Å². The highest BCUT2D eigenvalue weighted by atomic mass is 19.1. The Balaban J connectivity index is 1.52. The lowest BCUT2D eigenvalue weighted by Gasteiger charge is -2.24. The van der Waals surface area contributed by atoms with Gasteiger partial charge >= 0.3 is 0 Å². The van der Waals surface area contributed by atoms with Crippen LogP contribution in [0.1, 0.15) is 41.2 Å². The minimum atomic E-state index is -0.239. The van der Waals surface area contributed by atoms with Crippen molar-refractivity contribution in [2.45, 2.75) is 25.2 Å². The molecule has 0 aliphatic carbocycles. The monoisotopic (exact) mass is 353 g/mol. The Morgan fingerprint density at radius 3 is 2.85 bits per heavy atom. The zero-order valence-electron chi connectivity index (χ0n) is 14.3. The lowest BCUT2D eigenvalue weighted by Crippen LogP contribution is -2.34. The maximum atomic E-state index is 13.2. The second-order valence-corrected chi connectivity index (χ2v) is 6.64. The average molecular weight is 353 g/mol. The number of furan rings is 1. The number of carbonyl (C=O) groups is 1. The summed E-state index contributed by atoms with van der Waals surface area (Å²) in [6, 6.07) is 11.9. The van der Waals surface area contributed by atoms with Gasteiger partial charge in [-0.2, -0.15) is 5.10 Å². The highest BCUT2D eigenvalue weighted by Gasteiger charge is 2.25. The van der Waals surface area contributed by atoms with Crippen LogP contribution in [0.4, 0.5) is 4.39 Å². The molecule has 1 aromatic carbocycles. The predicted molar refractivity (Wildman–Crippen MR) is 95.2 cm³/mol. The molecule has 1 fully saturated rings. The summed E-state index contributed by atoms with van der Waals surface area (Å²) >= 11 is 0. The molecule has 1 saturated heterocycles. The molecule has 4 rings (SSSR count). The van der Waals surface area contributed by atoms with E-state index in [2.05, 4.69) is 10.2 Å². The summed E-state index contributed by atoms with van der Waals surface area (Å²) in [6.07, 6.45) is 4.58. The fraction of sp³-hybridized carbons (Fsp3) is 0.300. The van der Waals surface area contributed by atoms with E-state index in [0.717, 1.165) is 24.8 Å². The number of hydrogen-bond acceptors (Lipinski definition) is 3. The number of amides is 1. The summed E-state index contributed by atoms with van der Waals surface area (Å²) in [5.41, 5.74) is 2.14. The van der Waals surface area contributed by atoms with Gasteiger partial charge in [0.25, 0.3) is 5.91 Å². The largest absolute Gasteiger partial charge is 0.463 e. The van der Waals surface area contributed by atoms with Gasteiger partial charge in [-0.25, -0.2) is 4.39 Å². The van der Waals surface area contributed by atoms with Crippen molar-refractivity contribution in [2.24, 2.45) is 0 Å². The summed E-state index contributed by atoms with van der Waals surface area (Å²) in [5, 5.41) is 7.02. The molecule has 134 valence electrons. The molecule has 1 amide bonds. The molecule has 3 heterocycles. The first kappa shape index (κ1) is 16.6. The topological polar surface area (TPSA) is 62.1 Å². The van der Waals surface area contributed by atoms with E-state index in [1.54, 1.807) is 18.4 Å². The first-order valence-corrected chi connectivity index (χ1v) is 8.85. The average Bonchev–Trinajstić information content (AvgIpc) is 3.29. The number of nitrogens with zero attached hydrogens (tertiary/aromatic N) is 2. The van der Waals surface area contributed by atoms with Crippen LogP contribution >= 0.6 is 0 Å². The zero-order valence-corrected chi connectivity index (χ0v) is 14.3. The molecular formula is C20H20FN3O2. The van der Waals surface area contributed by atoms with Crippen LogP contribution in [0.2, 0.25) is 0 Å². The Labute approximate surface area is 150 Å². The van der Waals surface area contributed by atoms with Gasteiger partial charge in [-0.3, -0.25) is 9.89 Å². The van der Waals surface area contributed by atoms with Crippen molar-refractivity contribution in [1.82, 2.24) is 15.1 Å². The van der Waals surface area contributed by atoms with Gasteiger partial charge in [-0.1, -0.05) is 18.6 Å². The summed E-state index contributed by atoms with van der Waals surface area (Å²) in [7, 11) is 0. The summed E-state index contributed by atoms with van der Waals surface area (Å²) in [4.78, 5) is 14.8. The number of likely N-dealkylation sites (tertiary alicyclic amines) is 1. The number of H-pyrrole nitrogens is 1. The van der Waals surface area contributed by atoms with Gasteiger partial charge in [-0.15, -0.1) is 0 Å². The van der Waals surface area contributed by atoms with Gasteiger partial charge < -0.3 is 9.32 Å². The SMILES string of the molecule is O=C(c1cc(-c2ccco2)[nH]n1)N1CCCC[C@H](c2ccc(F)cc2)C1. The fourth-order valence-electron chi connectivity index (χ4n) is 3.48. The van der Waals surface area contributed by atoms with E-state index >= 15 is 0 Å². The quantitative estimate of drug-likeness (QED) is 0.767. The normalized spacial score (nSPS) is 17.9. The van der Waals surface area contributed by atoms with E-state index in [9.17, 15) is 9.18 Å². The van der Waals surface area contributed by atoms with Gasteiger partial charge in [-0.05, 0) is 42.7 Å². The van der Waals surface area contributed by atoms with Crippen LogP contribution in [0.5, 0.6) is 0 Å². The molecular weight excluding hydrogens is 333 g/mol. The second kappa shape index (κ2) is 7.15. The van der Waals surface area contributed by atoms with Gasteiger partial charge in [0.2, 0.25) is 0 Å². The van der Waals surface area contributed by atoms with Crippen molar-refractivity contribution in [3.8, 4) is 11.5 Å². The molecule has 1 atom stereocenters. The third-order valence-corrected chi connectivity index (χ3v) is 4.88. The molecule has 0 unspecified atom stereocenters. The number of benzene rings is 1. The number of aromatic nitrogens is 2. The Bertz CT molecular complexity index is 871. The van der Waals surface area contributed by atoms with Gasteiger partial charge in [0.05, 0.1) is 6.26 Å². The van der Waals surface area contributed by atoms with E-state index in [1.165, 1.54) is 12.1 Å². The predicted octanol–water partition coefficient (Wildman–Crippen LogP) is 4.22. The van der Waals surface area contributed by atoms with Crippen molar-refractivity contribution in [2.75, 3.05) is 13.1 Å². The molecule has 6 heteroatoms. The highest BCUT2D eigenvalue weighted by molar-refractivity contribution is 5.93. The number of aromatic amines is 1. The van der Waals surface area contributed by atoms with Crippen LogP contribution in [0.15, 0.2) is 53.1 Å². The van der Waals surface area contributed by atoms with Crippen LogP contribution in [0, 0.1) is 5.82 Å². The summed E-state index contributed by atoms with van der Waals surface area (Å²) in [5.74, 6) is 0.535. The van der Waals surface area contributed by atoms with Crippen molar-refractivity contribution >= 4 is 5.91 Å². The zero-order chi connectivity index (χ0) is 17.9. The molecule has 2 aromatic heterocycles. The first-order valence-electron chi connectivity index (χ1n) is 8.85. The van der Waals surface area contributed by atoms with Crippen molar-refractivity contribution in [1.29, 1.82) is 0 Å². The standard InChI is InChI=1S/C20H20FN3O2/c21-16-8-6-14(7-9-16)15-4-1-2-10-24(13-15)20(25)18-12-17(22-23-18)19-5-3-11-26-19/h3,5-9,11-12,15H,1-2,4,10,13H2,(H,22,23)/t15-/m0/s1. The maximum absolute atomic E-state index is 13.2. The van der Waals surface area contributed by atoms with Crippen LogP contribution < -0.4 is 0 Å². The maximum Gasteiger partial charge on any atom is 0.274 e. The minimum Gasteiger partial charge on any atom is -0.463 e. The van der Waals surface area contributed by atoms with E-state index in [4.69, 9.17) is 4.42 Å². The van der Waals surface area contributed by atoms with Gasteiger partial charge in [0.1, 0.15) is 11.5 Å². The molecule has 1 aliphatic heterocycles. The third kappa shape index (κ3) is 3.40. The lowest BCUT2D eigenvalue weighted by molar-refractivity contribution is 0.0748. The smallest absolute Gasteiger partial charge is 0.274 e. The van der Waals surface area contributed by atoms with Crippen LogP contribution in [-0.4, -0.2) is 34.1 Å². The van der Waals surface area contributed by atoms with Gasteiger partial charge in [0.15, 0.2) is 11.5 Å². The molecule has 0 spiro atoms. The van der Waals surface area contributed by atoms with Crippen LogP contribution in [-0.2, 0) is 0 Å². The van der Waals surface area contributed by atoms with E-state index in [-0.39, 0.29) is 17.6 Å². The van der Waals surface area contributed by atoms with E-state index in [1.807, 2.05) is 23.1 Å². The first-order chi connectivity index (χ1) is 12.7. The summed E-state index contributed by atoms with van der Waals surface area (Å²) in [6.45, 7) is 1.33. The molecule has 5 nitrogen and oxygen atoms in total. The van der Waals surface area contributed by atoms with Crippen LogP contribution in [0.25, 0.3) is 11.5 Å². The van der Waals surface area contributed by atoms with E-state index in [0.29, 0.717) is 30.2 Å². The Kier molecular flexibility index (Phi) is 4.56. The minimum absolute atomic E-state index is 0.0898. The fourth-order valence-corrected chi connectivity index (χ4v) is 3.48. The van der Waals surface area contributed by atoms with Crippen molar-refractivity contribution < 1.29 is 13.6 Å². The number of carbonyl (C=O) groups excluding carboxylic acids is 1. The van der Waals surface area contributed by atoms with Crippen molar-refractivity contribution in [3.63, 3.8) is 0 Å². The number of rotatable bonds is 3. The number of hydrogen-bond donors (Lipinski definition) is 1. The van der Waals surface area contributed by atoms with E-state index < -0.39 is 0 Å². The Hall–Kier alpha value is -2.89. The Morgan fingerprint density at radius 2 is 2.08 bits per heavy atom. The molecule has 1 aliphatic rings. The molecule has 26 heavy (non-hydrogen) atoms.